The standard InChI is InChI=1S/C25H30N6O4/c1-15-16(2)27-24(29-23(15)32)31-22(13-19(30-31)18-8-6-5-7-9-18)28-25(33)26-14-17-10-11-20(34-3)21(12-17)35-4/h5-13,15-16,24,27H,14H2,1-4H3,(H,29,32)(H2,26,28,33). The van der Waals surface area contributed by atoms with E-state index in [2.05, 4.69) is 26.4 Å². The van der Waals surface area contributed by atoms with Gasteiger partial charge < -0.3 is 20.1 Å². The maximum absolute atomic E-state index is 12.8. The molecule has 3 atom stereocenters. The van der Waals surface area contributed by atoms with Crippen LogP contribution >= 0.6 is 0 Å². The van der Waals surface area contributed by atoms with Crippen molar-refractivity contribution in [1.82, 2.24) is 25.7 Å². The molecule has 184 valence electrons. The molecule has 10 heteroatoms. The first-order valence-corrected chi connectivity index (χ1v) is 11.4. The van der Waals surface area contributed by atoms with Crippen molar-refractivity contribution in [2.24, 2.45) is 5.92 Å². The minimum atomic E-state index is -0.604. The molecule has 1 aromatic heterocycles. The van der Waals surface area contributed by atoms with Crippen LogP contribution in [0.1, 0.15) is 25.7 Å². The van der Waals surface area contributed by atoms with Gasteiger partial charge in [-0.1, -0.05) is 43.3 Å². The number of nitrogens with zero attached hydrogens (tertiary/aromatic N) is 2. The minimum absolute atomic E-state index is 0.0649. The van der Waals surface area contributed by atoms with Crippen LogP contribution < -0.4 is 30.7 Å². The molecule has 3 amide bonds. The summed E-state index contributed by atoms with van der Waals surface area (Å²) in [5.41, 5.74) is 2.41. The number of hydrogen-bond acceptors (Lipinski definition) is 6. The van der Waals surface area contributed by atoms with Gasteiger partial charge in [-0.2, -0.15) is 5.10 Å². The number of anilines is 1. The van der Waals surface area contributed by atoms with E-state index in [9.17, 15) is 9.59 Å². The molecule has 10 nitrogen and oxygen atoms in total. The number of hydrogen-bond donors (Lipinski definition) is 4. The zero-order valence-corrected chi connectivity index (χ0v) is 20.2. The highest BCUT2D eigenvalue weighted by atomic mass is 16.5. The third-order valence-corrected chi connectivity index (χ3v) is 6.06. The number of aromatic nitrogens is 2. The first-order valence-electron chi connectivity index (χ1n) is 11.4. The predicted molar refractivity (Wildman–Crippen MR) is 132 cm³/mol. The molecule has 0 aliphatic carbocycles. The van der Waals surface area contributed by atoms with Crippen molar-refractivity contribution in [1.29, 1.82) is 0 Å². The molecule has 3 unspecified atom stereocenters. The molecule has 0 spiro atoms. The van der Waals surface area contributed by atoms with Crippen LogP contribution in [0.3, 0.4) is 0 Å². The van der Waals surface area contributed by atoms with Crippen molar-refractivity contribution in [3.8, 4) is 22.8 Å². The number of nitrogens with one attached hydrogen (secondary N) is 4. The Morgan fingerprint density at radius 3 is 2.49 bits per heavy atom. The molecule has 1 aliphatic heterocycles. The Hall–Kier alpha value is -4.05. The summed E-state index contributed by atoms with van der Waals surface area (Å²) in [6.45, 7) is 4.09. The molecule has 1 fully saturated rings. The van der Waals surface area contributed by atoms with Crippen LogP contribution in [-0.4, -0.2) is 42.0 Å². The van der Waals surface area contributed by atoms with Crippen molar-refractivity contribution in [2.45, 2.75) is 32.7 Å². The van der Waals surface area contributed by atoms with E-state index in [1.54, 1.807) is 37.1 Å². The van der Waals surface area contributed by atoms with Gasteiger partial charge in [0.1, 0.15) is 5.82 Å². The van der Waals surface area contributed by atoms with E-state index < -0.39 is 12.3 Å². The van der Waals surface area contributed by atoms with Crippen molar-refractivity contribution in [2.75, 3.05) is 19.5 Å². The van der Waals surface area contributed by atoms with Crippen LogP contribution in [-0.2, 0) is 11.3 Å². The number of urea groups is 1. The third kappa shape index (κ3) is 5.38. The van der Waals surface area contributed by atoms with Crippen LogP contribution in [0.15, 0.2) is 54.6 Å². The number of benzene rings is 2. The number of carbonyl (C=O) groups excluding carboxylic acids is 2. The highest BCUT2D eigenvalue weighted by molar-refractivity contribution is 5.89. The Morgan fingerprint density at radius 2 is 1.80 bits per heavy atom. The molecular formula is C25H30N6O4. The lowest BCUT2D eigenvalue weighted by Crippen LogP contribution is -2.57. The lowest BCUT2D eigenvalue weighted by molar-refractivity contribution is -0.130. The second kappa shape index (κ2) is 10.5. The summed E-state index contributed by atoms with van der Waals surface area (Å²) in [6.07, 6.45) is -0.604. The summed E-state index contributed by atoms with van der Waals surface area (Å²) in [6, 6.07) is 16.4. The topological polar surface area (TPSA) is 119 Å². The van der Waals surface area contributed by atoms with Crippen LogP contribution in [0.25, 0.3) is 11.3 Å². The number of rotatable bonds is 7. The summed E-state index contributed by atoms with van der Waals surface area (Å²) < 4.78 is 12.2. The summed E-state index contributed by atoms with van der Waals surface area (Å²) in [7, 11) is 3.13. The second-order valence-corrected chi connectivity index (χ2v) is 8.38. The molecule has 3 aromatic rings. The van der Waals surface area contributed by atoms with Crippen LogP contribution in [0.2, 0.25) is 0 Å². The fourth-order valence-electron chi connectivity index (χ4n) is 3.83. The quantitative estimate of drug-likeness (QED) is 0.415. The van der Waals surface area contributed by atoms with Crippen molar-refractivity contribution in [3.05, 3.63) is 60.2 Å². The molecule has 0 bridgehead atoms. The largest absolute Gasteiger partial charge is 0.493 e. The SMILES string of the molecule is COc1ccc(CNC(=O)Nc2cc(-c3ccccc3)nn2C2NC(=O)C(C)C(C)N2)cc1OC. The Bertz CT molecular complexity index is 1200. The van der Waals surface area contributed by atoms with Gasteiger partial charge in [0.05, 0.1) is 25.8 Å². The molecule has 1 aliphatic rings. The van der Waals surface area contributed by atoms with Gasteiger partial charge in [0.25, 0.3) is 0 Å². The molecular weight excluding hydrogens is 448 g/mol. The predicted octanol–water partition coefficient (Wildman–Crippen LogP) is 3.09. The van der Waals surface area contributed by atoms with E-state index in [4.69, 9.17) is 9.47 Å². The van der Waals surface area contributed by atoms with Gasteiger partial charge in [-0.3, -0.25) is 15.4 Å². The maximum Gasteiger partial charge on any atom is 0.320 e. The number of carbonyl (C=O) groups is 2. The Kier molecular flexibility index (Phi) is 7.21. The monoisotopic (exact) mass is 478 g/mol. The van der Waals surface area contributed by atoms with Crippen LogP contribution in [0, 0.1) is 5.92 Å². The maximum atomic E-state index is 12.8. The van der Waals surface area contributed by atoms with E-state index in [1.807, 2.05) is 50.2 Å². The zero-order chi connectivity index (χ0) is 24.9. The summed E-state index contributed by atoms with van der Waals surface area (Å²) in [4.78, 5) is 25.2. The highest BCUT2D eigenvalue weighted by Crippen LogP contribution is 2.28. The van der Waals surface area contributed by atoms with E-state index >= 15 is 0 Å². The smallest absolute Gasteiger partial charge is 0.320 e. The highest BCUT2D eigenvalue weighted by Gasteiger charge is 2.32. The number of ether oxygens (including phenoxy) is 2. The molecule has 4 rings (SSSR count). The minimum Gasteiger partial charge on any atom is -0.493 e. The Morgan fingerprint density at radius 1 is 1.06 bits per heavy atom. The van der Waals surface area contributed by atoms with Gasteiger partial charge in [0.2, 0.25) is 5.91 Å². The fraction of sp³-hybridized carbons (Fsp3) is 0.320. The molecule has 0 saturated carbocycles. The van der Waals surface area contributed by atoms with Crippen molar-refractivity contribution in [3.63, 3.8) is 0 Å². The summed E-state index contributed by atoms with van der Waals surface area (Å²) in [5, 5.41) is 16.7. The molecule has 2 aromatic carbocycles. The van der Waals surface area contributed by atoms with E-state index in [-0.39, 0.29) is 24.4 Å². The summed E-state index contributed by atoms with van der Waals surface area (Å²) in [5.74, 6) is 1.37. The normalized spacial score (nSPS) is 19.5. The van der Waals surface area contributed by atoms with Crippen LogP contribution in [0.5, 0.6) is 11.5 Å². The van der Waals surface area contributed by atoms with Crippen LogP contribution in [0.4, 0.5) is 10.6 Å². The fourth-order valence-corrected chi connectivity index (χ4v) is 3.83. The van der Waals surface area contributed by atoms with Gasteiger partial charge in [0.15, 0.2) is 17.8 Å². The molecule has 1 saturated heterocycles. The molecule has 4 N–H and O–H groups in total. The number of amides is 3. The number of methoxy groups -OCH3 is 2. The first-order chi connectivity index (χ1) is 16.9. The Labute approximate surface area is 204 Å². The van der Waals surface area contributed by atoms with E-state index in [0.29, 0.717) is 23.0 Å². The van der Waals surface area contributed by atoms with Gasteiger partial charge in [-0.05, 0) is 24.6 Å². The second-order valence-electron chi connectivity index (χ2n) is 8.38. The lowest BCUT2D eigenvalue weighted by Gasteiger charge is -2.34. The molecule has 2 heterocycles. The molecule has 35 heavy (non-hydrogen) atoms. The van der Waals surface area contributed by atoms with Gasteiger partial charge >= 0.3 is 6.03 Å². The van der Waals surface area contributed by atoms with Gasteiger partial charge in [-0.15, -0.1) is 0 Å². The van der Waals surface area contributed by atoms with E-state index in [0.717, 1.165) is 11.1 Å². The van der Waals surface area contributed by atoms with Crippen molar-refractivity contribution >= 4 is 17.8 Å². The first kappa shape index (κ1) is 24.1. The van der Waals surface area contributed by atoms with E-state index in [1.165, 1.54) is 0 Å². The Balaban J connectivity index is 1.53. The average Bonchev–Trinajstić information content (AvgIpc) is 3.29. The van der Waals surface area contributed by atoms with Crippen molar-refractivity contribution < 1.29 is 19.1 Å². The van der Waals surface area contributed by atoms with Gasteiger partial charge in [-0.25, -0.2) is 9.48 Å². The summed E-state index contributed by atoms with van der Waals surface area (Å²) >= 11 is 0. The third-order valence-electron chi connectivity index (χ3n) is 6.06. The van der Waals surface area contributed by atoms with Gasteiger partial charge in [0, 0.05) is 24.2 Å². The lowest BCUT2D eigenvalue weighted by atomic mass is 10.0. The zero-order valence-electron chi connectivity index (χ0n) is 20.2. The molecule has 0 radical (unpaired) electrons. The average molecular weight is 479 g/mol.